The lowest BCUT2D eigenvalue weighted by molar-refractivity contribution is 0.498. The summed E-state index contributed by atoms with van der Waals surface area (Å²) in [5.41, 5.74) is 1.87. The second-order valence-corrected chi connectivity index (χ2v) is 7.36. The van der Waals surface area contributed by atoms with Crippen molar-refractivity contribution < 1.29 is 0 Å². The van der Waals surface area contributed by atoms with Crippen molar-refractivity contribution >= 4 is 72.8 Å². The molecule has 0 saturated heterocycles. The first kappa shape index (κ1) is 14.8. The first-order chi connectivity index (χ1) is 9.56. The van der Waals surface area contributed by atoms with Gasteiger partial charge in [0.1, 0.15) is 9.22 Å². The summed E-state index contributed by atoms with van der Waals surface area (Å²) in [6.45, 7) is 0.630. The van der Waals surface area contributed by atoms with Crippen LogP contribution >= 0.6 is 61.7 Å². The van der Waals surface area contributed by atoms with E-state index < -0.39 is 0 Å². The number of hydrogen-bond donors (Lipinski definition) is 0. The van der Waals surface area contributed by atoms with Gasteiger partial charge in [0.25, 0.3) is 0 Å². The number of nitrogens with zero attached hydrogens (tertiary/aromatic N) is 3. The van der Waals surface area contributed by atoms with Gasteiger partial charge in [-0.3, -0.25) is 9.67 Å². The van der Waals surface area contributed by atoms with Gasteiger partial charge in [-0.2, -0.15) is 5.10 Å². The second-order valence-electron chi connectivity index (χ2n) is 4.48. The SMILES string of the molecule is ClC1=CC=CC(Cl)C1Cn1nc(I)c2ncc(Br)cc21. The quantitative estimate of drug-likeness (QED) is 0.456. The fraction of sp³-hybridized carbons (Fsp3) is 0.231. The van der Waals surface area contributed by atoms with Gasteiger partial charge < -0.3 is 0 Å². The molecule has 2 unspecified atom stereocenters. The van der Waals surface area contributed by atoms with Crippen LogP contribution in [0.5, 0.6) is 0 Å². The molecule has 0 N–H and O–H groups in total. The van der Waals surface area contributed by atoms with Crippen LogP contribution < -0.4 is 0 Å². The molecule has 2 heterocycles. The third-order valence-electron chi connectivity index (χ3n) is 3.17. The highest BCUT2D eigenvalue weighted by molar-refractivity contribution is 14.1. The lowest BCUT2D eigenvalue weighted by Gasteiger charge is -2.22. The summed E-state index contributed by atoms with van der Waals surface area (Å²) >= 11 is 18.2. The van der Waals surface area contributed by atoms with Gasteiger partial charge >= 0.3 is 0 Å². The summed E-state index contributed by atoms with van der Waals surface area (Å²) in [7, 11) is 0. The highest BCUT2D eigenvalue weighted by atomic mass is 127. The van der Waals surface area contributed by atoms with Crippen molar-refractivity contribution in [3.63, 3.8) is 0 Å². The van der Waals surface area contributed by atoms with Crippen LogP contribution in [0.2, 0.25) is 0 Å². The fourth-order valence-corrected chi connectivity index (χ4v) is 3.80. The monoisotopic (exact) mass is 483 g/mol. The van der Waals surface area contributed by atoms with Gasteiger partial charge in [-0.05, 0) is 50.7 Å². The molecule has 0 amide bonds. The fourth-order valence-electron chi connectivity index (χ4n) is 2.17. The zero-order chi connectivity index (χ0) is 14.3. The van der Waals surface area contributed by atoms with E-state index in [0.29, 0.717) is 6.54 Å². The van der Waals surface area contributed by atoms with E-state index in [1.54, 1.807) is 6.20 Å². The normalized spacial score (nSPS) is 22.3. The molecule has 2 atom stereocenters. The standard InChI is InChI=1S/C13H9BrCl2IN3/c14-7-4-11-12(18-5-7)13(17)19-20(11)6-8-9(15)2-1-3-10(8)16/h1-5,8-9H,6H2. The Labute approximate surface area is 148 Å². The van der Waals surface area contributed by atoms with Crippen LogP contribution in [0.25, 0.3) is 11.0 Å². The van der Waals surface area contributed by atoms with E-state index >= 15 is 0 Å². The molecule has 0 spiro atoms. The Kier molecular flexibility index (Phi) is 4.40. The summed E-state index contributed by atoms with van der Waals surface area (Å²) in [4.78, 5) is 4.40. The van der Waals surface area contributed by atoms with Crippen LogP contribution in [-0.2, 0) is 6.54 Å². The number of aromatic nitrogens is 3. The maximum atomic E-state index is 6.34. The van der Waals surface area contributed by atoms with Crippen LogP contribution in [0.4, 0.5) is 0 Å². The molecule has 1 aliphatic rings. The van der Waals surface area contributed by atoms with E-state index in [-0.39, 0.29) is 11.3 Å². The average Bonchev–Trinajstić information content (AvgIpc) is 2.70. The summed E-state index contributed by atoms with van der Waals surface area (Å²) in [6.07, 6.45) is 7.50. The zero-order valence-electron chi connectivity index (χ0n) is 10.1. The Bertz CT molecular complexity index is 726. The minimum Gasteiger partial charge on any atom is -0.261 e. The number of fused-ring (bicyclic) bond motifs is 1. The molecule has 104 valence electrons. The Morgan fingerprint density at radius 2 is 2.25 bits per heavy atom. The molecule has 2 aromatic rings. The Balaban J connectivity index is 2.01. The maximum absolute atomic E-state index is 6.34. The van der Waals surface area contributed by atoms with Gasteiger partial charge in [0.05, 0.1) is 17.4 Å². The van der Waals surface area contributed by atoms with E-state index in [1.165, 1.54) is 0 Å². The summed E-state index contributed by atoms with van der Waals surface area (Å²) in [5, 5.41) is 5.18. The van der Waals surface area contributed by atoms with Crippen molar-refractivity contribution in [3.8, 4) is 0 Å². The third kappa shape index (κ3) is 2.77. The molecule has 0 radical (unpaired) electrons. The van der Waals surface area contributed by atoms with Gasteiger partial charge in [-0.1, -0.05) is 23.8 Å². The predicted octanol–water partition coefficient (Wildman–Crippen LogP) is 4.71. The van der Waals surface area contributed by atoms with Crippen molar-refractivity contribution in [1.82, 2.24) is 14.8 Å². The van der Waals surface area contributed by atoms with Gasteiger partial charge in [0.15, 0.2) is 0 Å². The Hall–Kier alpha value is -0.110. The molecule has 0 aliphatic heterocycles. The van der Waals surface area contributed by atoms with Crippen LogP contribution in [0.15, 0.2) is 40.0 Å². The molecular formula is C13H9BrCl2IN3. The van der Waals surface area contributed by atoms with Crippen molar-refractivity contribution in [1.29, 1.82) is 0 Å². The lowest BCUT2D eigenvalue weighted by Crippen LogP contribution is -2.22. The van der Waals surface area contributed by atoms with Crippen molar-refractivity contribution in [2.45, 2.75) is 11.9 Å². The summed E-state index contributed by atoms with van der Waals surface area (Å²) in [5.74, 6) is 0.0289. The van der Waals surface area contributed by atoms with Gasteiger partial charge in [-0.15, -0.1) is 11.6 Å². The van der Waals surface area contributed by atoms with E-state index in [2.05, 4.69) is 48.6 Å². The molecular weight excluding hydrogens is 476 g/mol. The third-order valence-corrected chi connectivity index (χ3v) is 5.19. The molecule has 0 aromatic carbocycles. The van der Waals surface area contributed by atoms with Crippen molar-refractivity contribution in [2.24, 2.45) is 5.92 Å². The molecule has 0 bridgehead atoms. The van der Waals surface area contributed by atoms with Crippen LogP contribution in [0.1, 0.15) is 0 Å². The van der Waals surface area contributed by atoms with Crippen LogP contribution in [-0.4, -0.2) is 20.1 Å². The number of hydrogen-bond acceptors (Lipinski definition) is 2. The largest absolute Gasteiger partial charge is 0.261 e. The number of rotatable bonds is 2. The van der Waals surface area contributed by atoms with Gasteiger partial charge in [0, 0.05) is 21.6 Å². The van der Waals surface area contributed by atoms with Crippen molar-refractivity contribution in [3.05, 3.63) is 43.7 Å². The van der Waals surface area contributed by atoms with E-state index in [0.717, 1.165) is 24.2 Å². The van der Waals surface area contributed by atoms with Crippen molar-refractivity contribution in [2.75, 3.05) is 0 Å². The second kappa shape index (κ2) is 5.94. The van der Waals surface area contributed by atoms with E-state index in [9.17, 15) is 0 Å². The Morgan fingerprint density at radius 3 is 3.00 bits per heavy atom. The van der Waals surface area contributed by atoms with E-state index in [4.69, 9.17) is 23.2 Å². The first-order valence-corrected chi connectivity index (χ1v) is 8.60. The number of pyridine rings is 1. The molecule has 20 heavy (non-hydrogen) atoms. The molecule has 1 aliphatic carbocycles. The topological polar surface area (TPSA) is 30.7 Å². The number of halogens is 4. The minimum atomic E-state index is -0.121. The maximum Gasteiger partial charge on any atom is 0.149 e. The molecule has 0 saturated carbocycles. The zero-order valence-corrected chi connectivity index (χ0v) is 15.4. The first-order valence-electron chi connectivity index (χ1n) is 5.92. The molecule has 3 nitrogen and oxygen atoms in total. The predicted molar refractivity (Wildman–Crippen MR) is 94.2 cm³/mol. The molecule has 3 rings (SSSR count). The smallest absolute Gasteiger partial charge is 0.149 e. The summed E-state index contributed by atoms with van der Waals surface area (Å²) < 4.78 is 3.72. The molecule has 0 fully saturated rings. The van der Waals surface area contributed by atoms with Crippen LogP contribution in [0.3, 0.4) is 0 Å². The lowest BCUT2D eigenvalue weighted by atomic mass is 10.00. The van der Waals surface area contributed by atoms with Gasteiger partial charge in [0.2, 0.25) is 0 Å². The Morgan fingerprint density at radius 1 is 1.45 bits per heavy atom. The van der Waals surface area contributed by atoms with Crippen LogP contribution in [0, 0.1) is 9.62 Å². The molecule has 7 heteroatoms. The van der Waals surface area contributed by atoms with E-state index in [1.807, 2.05) is 29.0 Å². The summed E-state index contributed by atoms with van der Waals surface area (Å²) in [6, 6.07) is 2.01. The highest BCUT2D eigenvalue weighted by Crippen LogP contribution is 2.31. The minimum absolute atomic E-state index is 0.0289. The number of alkyl halides is 1. The highest BCUT2D eigenvalue weighted by Gasteiger charge is 2.24. The molecule has 2 aromatic heterocycles. The average molecular weight is 485 g/mol. The number of allylic oxidation sites excluding steroid dienone is 4. The van der Waals surface area contributed by atoms with Gasteiger partial charge in [-0.25, -0.2) is 0 Å².